The van der Waals surface area contributed by atoms with E-state index in [-0.39, 0.29) is 0 Å². The molecule has 1 aliphatic rings. The fourth-order valence-corrected chi connectivity index (χ4v) is 3.56. The summed E-state index contributed by atoms with van der Waals surface area (Å²) in [6, 6.07) is 4.48. The van der Waals surface area contributed by atoms with Crippen LogP contribution in [0.15, 0.2) is 16.6 Å². The number of aromatic amines is 1. The van der Waals surface area contributed by atoms with Crippen LogP contribution >= 0.6 is 15.9 Å². The number of hydrogen-bond acceptors (Lipinski definition) is 0. The first-order valence-corrected chi connectivity index (χ1v) is 7.34. The number of nitrogens with one attached hydrogen (secondary N) is 1. The van der Waals surface area contributed by atoms with E-state index in [0.717, 1.165) is 0 Å². The highest BCUT2D eigenvalue weighted by atomic mass is 79.9. The Balaban J connectivity index is 2.22. The molecular formula is C15H18BrN. The molecule has 2 aromatic rings. The highest BCUT2D eigenvalue weighted by molar-refractivity contribution is 9.10. The molecule has 0 fully saturated rings. The van der Waals surface area contributed by atoms with Crippen molar-refractivity contribution in [3.05, 3.63) is 33.4 Å². The fraction of sp³-hybridized carbons (Fsp3) is 0.467. The summed E-state index contributed by atoms with van der Waals surface area (Å²) < 4.78 is 1.20. The summed E-state index contributed by atoms with van der Waals surface area (Å²) in [5.41, 5.74) is 5.76. The van der Waals surface area contributed by atoms with Gasteiger partial charge in [0.25, 0.3) is 0 Å². The van der Waals surface area contributed by atoms with E-state index in [1.165, 1.54) is 65.2 Å². The smallest absolute Gasteiger partial charge is 0.0489 e. The van der Waals surface area contributed by atoms with Crippen molar-refractivity contribution >= 4 is 26.8 Å². The molecule has 0 unspecified atom stereocenters. The zero-order chi connectivity index (χ0) is 11.8. The second-order valence-corrected chi connectivity index (χ2v) is 6.06. The summed E-state index contributed by atoms with van der Waals surface area (Å²) in [5, 5.41) is 1.44. The van der Waals surface area contributed by atoms with E-state index >= 15 is 0 Å². The van der Waals surface area contributed by atoms with Crippen LogP contribution in [-0.4, -0.2) is 4.98 Å². The lowest BCUT2D eigenvalue weighted by Crippen LogP contribution is -1.97. The molecule has 0 atom stereocenters. The molecule has 90 valence electrons. The van der Waals surface area contributed by atoms with Crippen LogP contribution in [0.4, 0.5) is 0 Å². The Morgan fingerprint density at radius 2 is 1.82 bits per heavy atom. The number of aromatic nitrogens is 1. The molecule has 0 saturated heterocycles. The molecule has 1 heterocycles. The molecule has 3 rings (SSSR count). The fourth-order valence-electron chi connectivity index (χ4n) is 2.99. The third-order valence-electron chi connectivity index (χ3n) is 3.87. The van der Waals surface area contributed by atoms with Gasteiger partial charge in [-0.1, -0.05) is 28.8 Å². The first-order valence-electron chi connectivity index (χ1n) is 6.55. The molecule has 0 bridgehead atoms. The predicted octanol–water partition coefficient (Wildman–Crippen LogP) is 4.90. The Morgan fingerprint density at radius 1 is 1.06 bits per heavy atom. The monoisotopic (exact) mass is 291 g/mol. The van der Waals surface area contributed by atoms with E-state index in [1.54, 1.807) is 5.56 Å². The van der Waals surface area contributed by atoms with Gasteiger partial charge in [0.2, 0.25) is 0 Å². The van der Waals surface area contributed by atoms with Crippen LogP contribution in [0.2, 0.25) is 0 Å². The normalized spacial score (nSPS) is 16.6. The van der Waals surface area contributed by atoms with Gasteiger partial charge in [-0.15, -0.1) is 0 Å². The maximum Gasteiger partial charge on any atom is 0.0489 e. The van der Waals surface area contributed by atoms with Crippen molar-refractivity contribution in [2.45, 2.75) is 45.4 Å². The SMILES string of the molecule is Cc1cc(Br)cc2c3c([nH]c12)CCCCCC3. The first kappa shape index (κ1) is 11.3. The van der Waals surface area contributed by atoms with E-state index < -0.39 is 0 Å². The largest absolute Gasteiger partial charge is 0.358 e. The lowest BCUT2D eigenvalue weighted by atomic mass is 9.96. The van der Waals surface area contributed by atoms with E-state index in [1.807, 2.05) is 0 Å². The Bertz CT molecular complexity index is 554. The van der Waals surface area contributed by atoms with Crippen LogP contribution in [0.5, 0.6) is 0 Å². The van der Waals surface area contributed by atoms with Gasteiger partial charge in [0.05, 0.1) is 0 Å². The van der Waals surface area contributed by atoms with Crippen LogP contribution in [0.3, 0.4) is 0 Å². The lowest BCUT2D eigenvalue weighted by molar-refractivity contribution is 0.614. The minimum atomic E-state index is 1.20. The third-order valence-corrected chi connectivity index (χ3v) is 4.33. The van der Waals surface area contributed by atoms with E-state index in [4.69, 9.17) is 0 Å². The van der Waals surface area contributed by atoms with Crippen molar-refractivity contribution in [1.82, 2.24) is 4.98 Å². The maximum atomic E-state index is 3.66. The van der Waals surface area contributed by atoms with Crippen molar-refractivity contribution in [3.8, 4) is 0 Å². The molecule has 17 heavy (non-hydrogen) atoms. The van der Waals surface area contributed by atoms with Gasteiger partial charge >= 0.3 is 0 Å². The van der Waals surface area contributed by atoms with Gasteiger partial charge in [-0.25, -0.2) is 0 Å². The van der Waals surface area contributed by atoms with Crippen LogP contribution in [0.1, 0.15) is 42.5 Å². The van der Waals surface area contributed by atoms with Crippen molar-refractivity contribution in [2.75, 3.05) is 0 Å². The van der Waals surface area contributed by atoms with E-state index in [0.29, 0.717) is 0 Å². The predicted molar refractivity (Wildman–Crippen MR) is 76.6 cm³/mol. The van der Waals surface area contributed by atoms with Gasteiger partial charge in [0.1, 0.15) is 0 Å². The Kier molecular flexibility index (Phi) is 2.99. The van der Waals surface area contributed by atoms with Crippen molar-refractivity contribution in [1.29, 1.82) is 0 Å². The average molecular weight is 292 g/mol. The first-order chi connectivity index (χ1) is 8.25. The summed E-state index contributed by atoms with van der Waals surface area (Å²) in [7, 11) is 0. The molecule has 0 spiro atoms. The van der Waals surface area contributed by atoms with Crippen molar-refractivity contribution in [2.24, 2.45) is 0 Å². The quantitative estimate of drug-likeness (QED) is 0.711. The van der Waals surface area contributed by atoms with Crippen LogP contribution < -0.4 is 0 Å². The van der Waals surface area contributed by atoms with E-state index in [9.17, 15) is 0 Å². The van der Waals surface area contributed by atoms with Gasteiger partial charge in [-0.2, -0.15) is 0 Å². The molecule has 2 heteroatoms. The number of H-pyrrole nitrogens is 1. The van der Waals surface area contributed by atoms with Gasteiger partial charge in [-0.3, -0.25) is 0 Å². The number of aryl methyl sites for hydroxylation is 3. The van der Waals surface area contributed by atoms with E-state index in [2.05, 4.69) is 40.0 Å². The molecule has 0 amide bonds. The van der Waals surface area contributed by atoms with Crippen LogP contribution in [0, 0.1) is 6.92 Å². The van der Waals surface area contributed by atoms with Crippen LogP contribution in [-0.2, 0) is 12.8 Å². The molecule has 1 nitrogen and oxygen atoms in total. The molecule has 0 saturated carbocycles. The van der Waals surface area contributed by atoms with Gasteiger partial charge in [-0.05, 0) is 55.9 Å². The molecular weight excluding hydrogens is 274 g/mol. The number of rotatable bonds is 0. The summed E-state index contributed by atoms with van der Waals surface area (Å²) in [5.74, 6) is 0. The number of hydrogen-bond donors (Lipinski definition) is 1. The minimum Gasteiger partial charge on any atom is -0.358 e. The van der Waals surface area contributed by atoms with Crippen LogP contribution in [0.25, 0.3) is 10.9 Å². The average Bonchev–Trinajstić information content (AvgIpc) is 2.56. The molecule has 1 aliphatic carbocycles. The number of fused-ring (bicyclic) bond motifs is 3. The Labute approximate surface area is 111 Å². The highest BCUT2D eigenvalue weighted by Crippen LogP contribution is 2.31. The number of benzene rings is 1. The Morgan fingerprint density at radius 3 is 2.65 bits per heavy atom. The zero-order valence-electron chi connectivity index (χ0n) is 10.3. The third kappa shape index (κ3) is 2.03. The van der Waals surface area contributed by atoms with Crippen molar-refractivity contribution < 1.29 is 0 Å². The number of halogens is 1. The summed E-state index contributed by atoms with van der Waals surface area (Å²) in [6.07, 6.45) is 7.91. The summed E-state index contributed by atoms with van der Waals surface area (Å²) in [6.45, 7) is 2.19. The summed E-state index contributed by atoms with van der Waals surface area (Å²) in [4.78, 5) is 3.66. The molecule has 0 aliphatic heterocycles. The molecule has 0 radical (unpaired) electrons. The topological polar surface area (TPSA) is 15.8 Å². The summed E-state index contributed by atoms with van der Waals surface area (Å²) >= 11 is 3.62. The van der Waals surface area contributed by atoms with Crippen molar-refractivity contribution in [3.63, 3.8) is 0 Å². The van der Waals surface area contributed by atoms with Gasteiger partial charge in [0, 0.05) is 21.1 Å². The highest BCUT2D eigenvalue weighted by Gasteiger charge is 2.14. The Hall–Kier alpha value is -0.760. The molecule has 1 aromatic heterocycles. The second kappa shape index (κ2) is 4.49. The maximum absolute atomic E-state index is 3.66. The molecule has 1 N–H and O–H groups in total. The second-order valence-electron chi connectivity index (χ2n) is 5.14. The van der Waals surface area contributed by atoms with Gasteiger partial charge < -0.3 is 4.98 Å². The lowest BCUT2D eigenvalue weighted by Gasteiger charge is -2.09. The standard InChI is InChI=1S/C15H18BrN/c1-10-8-11(16)9-13-12-6-4-2-3-5-7-14(12)17-15(10)13/h8-9,17H,2-7H2,1H3. The minimum absolute atomic E-state index is 1.20. The van der Waals surface area contributed by atoms with Gasteiger partial charge in [0.15, 0.2) is 0 Å². The molecule has 1 aromatic carbocycles. The zero-order valence-corrected chi connectivity index (χ0v) is 11.9.